The average molecular weight is 273 g/mol. The maximum absolute atomic E-state index is 11.1. The summed E-state index contributed by atoms with van der Waals surface area (Å²) in [4.78, 5) is 16.7. The van der Waals surface area contributed by atoms with Crippen LogP contribution in [0, 0.1) is 10.1 Å². The zero-order valence-electron chi connectivity index (χ0n) is 11.1. The fourth-order valence-corrected chi connectivity index (χ4v) is 2.65. The summed E-state index contributed by atoms with van der Waals surface area (Å²) in [6, 6.07) is 5.03. The Hall–Kier alpha value is -2.21. The molecule has 0 spiro atoms. The molecule has 0 unspecified atom stereocenters. The van der Waals surface area contributed by atoms with Gasteiger partial charge < -0.3 is 10.0 Å². The second-order valence-electron chi connectivity index (χ2n) is 5.22. The van der Waals surface area contributed by atoms with E-state index >= 15 is 0 Å². The van der Waals surface area contributed by atoms with Crippen LogP contribution < -0.4 is 4.90 Å². The number of hydrogen-bond acceptors (Lipinski definition) is 5. The van der Waals surface area contributed by atoms with E-state index in [2.05, 4.69) is 4.98 Å². The largest absolute Gasteiger partial charge is 0.386 e. The van der Waals surface area contributed by atoms with Gasteiger partial charge in [-0.05, 0) is 18.6 Å². The highest BCUT2D eigenvalue weighted by Gasteiger charge is 2.40. The lowest BCUT2D eigenvalue weighted by atomic mass is 9.90. The molecule has 6 nitrogen and oxygen atoms in total. The normalized spacial score (nSPS) is 17.0. The Morgan fingerprint density at radius 1 is 1.40 bits per heavy atom. The number of rotatable bonds is 3. The number of nitro benzene ring substituents is 1. The summed E-state index contributed by atoms with van der Waals surface area (Å²) in [7, 11) is 0. The molecule has 1 aromatic heterocycles. The molecule has 1 aromatic carbocycles. The lowest BCUT2D eigenvalue weighted by Crippen LogP contribution is -2.61. The molecule has 0 bridgehead atoms. The van der Waals surface area contributed by atoms with Crippen molar-refractivity contribution in [1.29, 1.82) is 0 Å². The third-order valence-corrected chi connectivity index (χ3v) is 3.94. The van der Waals surface area contributed by atoms with E-state index in [1.54, 1.807) is 18.3 Å². The fraction of sp³-hybridized carbons (Fsp3) is 0.357. The lowest BCUT2D eigenvalue weighted by molar-refractivity contribution is -0.383. The van der Waals surface area contributed by atoms with Crippen molar-refractivity contribution in [3.63, 3.8) is 0 Å². The van der Waals surface area contributed by atoms with Gasteiger partial charge in [0.15, 0.2) is 0 Å². The van der Waals surface area contributed by atoms with E-state index in [0.717, 1.165) is 11.1 Å². The van der Waals surface area contributed by atoms with Crippen LogP contribution in [0.1, 0.15) is 13.3 Å². The number of β-amino-alcohol motifs (C(OH)–C–C–N with tert-alkyl or cyclic N) is 1. The van der Waals surface area contributed by atoms with E-state index in [4.69, 9.17) is 0 Å². The molecule has 1 aliphatic rings. The van der Waals surface area contributed by atoms with Gasteiger partial charge in [-0.25, -0.2) is 0 Å². The molecule has 1 N–H and O–H groups in total. The number of nitro groups is 1. The molecule has 2 heterocycles. The quantitative estimate of drug-likeness (QED) is 0.684. The SMILES string of the molecule is CCC1(O)CN(c2ccc([N+](=O)[O-])c3cnccc23)C1. The van der Waals surface area contributed by atoms with Crippen LogP contribution >= 0.6 is 0 Å². The van der Waals surface area contributed by atoms with Crippen LogP contribution in [0.5, 0.6) is 0 Å². The van der Waals surface area contributed by atoms with Gasteiger partial charge in [0.1, 0.15) is 0 Å². The molecule has 0 atom stereocenters. The number of non-ortho nitro benzene ring substituents is 1. The zero-order valence-corrected chi connectivity index (χ0v) is 11.1. The summed E-state index contributed by atoms with van der Waals surface area (Å²) in [6.45, 7) is 3.06. The van der Waals surface area contributed by atoms with E-state index in [9.17, 15) is 15.2 Å². The first-order chi connectivity index (χ1) is 9.54. The number of benzene rings is 1. The van der Waals surface area contributed by atoms with Crippen molar-refractivity contribution in [3.05, 3.63) is 40.7 Å². The van der Waals surface area contributed by atoms with Crippen molar-refractivity contribution in [2.24, 2.45) is 0 Å². The number of anilines is 1. The van der Waals surface area contributed by atoms with Gasteiger partial charge in [0.05, 0.1) is 15.9 Å². The van der Waals surface area contributed by atoms with Crippen LogP contribution in [0.15, 0.2) is 30.6 Å². The Morgan fingerprint density at radius 2 is 2.15 bits per heavy atom. The summed E-state index contributed by atoms with van der Waals surface area (Å²) < 4.78 is 0. The van der Waals surface area contributed by atoms with E-state index in [0.29, 0.717) is 24.9 Å². The van der Waals surface area contributed by atoms with Gasteiger partial charge in [-0.3, -0.25) is 15.1 Å². The Balaban J connectivity index is 2.06. The first kappa shape index (κ1) is 12.8. The predicted molar refractivity (Wildman–Crippen MR) is 75.9 cm³/mol. The van der Waals surface area contributed by atoms with Crippen molar-refractivity contribution >= 4 is 22.1 Å². The van der Waals surface area contributed by atoms with Crippen LogP contribution in [0.3, 0.4) is 0 Å². The number of aliphatic hydroxyl groups is 1. The Labute approximate surface area is 115 Å². The summed E-state index contributed by atoms with van der Waals surface area (Å²) in [5.41, 5.74) is 0.329. The summed E-state index contributed by atoms with van der Waals surface area (Å²) >= 11 is 0. The topological polar surface area (TPSA) is 79.5 Å². The number of aromatic nitrogens is 1. The molecular weight excluding hydrogens is 258 g/mol. The average Bonchev–Trinajstić information content (AvgIpc) is 2.42. The molecular formula is C14H15N3O3. The fourth-order valence-electron chi connectivity index (χ4n) is 2.65. The van der Waals surface area contributed by atoms with Crippen molar-refractivity contribution in [2.75, 3.05) is 18.0 Å². The Morgan fingerprint density at radius 3 is 2.80 bits per heavy atom. The van der Waals surface area contributed by atoms with Gasteiger partial charge in [0.2, 0.25) is 0 Å². The molecule has 20 heavy (non-hydrogen) atoms. The lowest BCUT2D eigenvalue weighted by Gasteiger charge is -2.47. The molecule has 0 saturated carbocycles. The van der Waals surface area contributed by atoms with Gasteiger partial charge in [0.25, 0.3) is 5.69 Å². The van der Waals surface area contributed by atoms with Crippen LogP contribution in [0.4, 0.5) is 11.4 Å². The first-order valence-corrected chi connectivity index (χ1v) is 6.52. The van der Waals surface area contributed by atoms with Crippen molar-refractivity contribution in [2.45, 2.75) is 18.9 Å². The molecule has 1 saturated heterocycles. The second kappa shape index (κ2) is 4.42. The van der Waals surface area contributed by atoms with Crippen molar-refractivity contribution in [3.8, 4) is 0 Å². The van der Waals surface area contributed by atoms with E-state index in [-0.39, 0.29) is 5.69 Å². The van der Waals surface area contributed by atoms with Gasteiger partial charge in [-0.15, -0.1) is 0 Å². The molecule has 2 aromatic rings. The molecule has 1 aliphatic heterocycles. The highest BCUT2D eigenvalue weighted by atomic mass is 16.6. The Kier molecular flexibility index (Phi) is 2.83. The van der Waals surface area contributed by atoms with Gasteiger partial charge in [-0.1, -0.05) is 6.92 Å². The maximum Gasteiger partial charge on any atom is 0.278 e. The van der Waals surface area contributed by atoms with Gasteiger partial charge in [0, 0.05) is 42.6 Å². The van der Waals surface area contributed by atoms with E-state index < -0.39 is 10.5 Å². The zero-order chi connectivity index (χ0) is 14.3. The van der Waals surface area contributed by atoms with Crippen LogP contribution in [0.25, 0.3) is 10.8 Å². The standard InChI is InChI=1S/C14H15N3O3/c1-2-14(18)8-16(9-14)12-3-4-13(17(19)20)11-7-15-6-5-10(11)12/h3-7,18H,2,8-9H2,1H3. The molecule has 0 aliphatic carbocycles. The predicted octanol–water partition coefficient (Wildman–Crippen LogP) is 2.10. The summed E-state index contributed by atoms with van der Waals surface area (Å²) in [5.74, 6) is 0. The highest BCUT2D eigenvalue weighted by Crippen LogP contribution is 2.37. The Bertz CT molecular complexity index is 680. The minimum absolute atomic E-state index is 0.0585. The molecule has 1 fully saturated rings. The second-order valence-corrected chi connectivity index (χ2v) is 5.22. The van der Waals surface area contributed by atoms with Crippen LogP contribution in [0.2, 0.25) is 0 Å². The minimum atomic E-state index is -0.638. The molecule has 6 heteroatoms. The highest BCUT2D eigenvalue weighted by molar-refractivity contribution is 5.99. The minimum Gasteiger partial charge on any atom is -0.386 e. The number of fused-ring (bicyclic) bond motifs is 1. The summed E-state index contributed by atoms with van der Waals surface area (Å²) in [5, 5.41) is 22.5. The smallest absolute Gasteiger partial charge is 0.278 e. The number of pyridine rings is 1. The molecule has 0 amide bonds. The third-order valence-electron chi connectivity index (χ3n) is 3.94. The van der Waals surface area contributed by atoms with Crippen molar-refractivity contribution < 1.29 is 10.0 Å². The van der Waals surface area contributed by atoms with E-state index in [1.165, 1.54) is 12.3 Å². The monoisotopic (exact) mass is 273 g/mol. The van der Waals surface area contributed by atoms with Crippen LogP contribution in [-0.4, -0.2) is 33.7 Å². The number of nitrogens with zero attached hydrogens (tertiary/aromatic N) is 3. The van der Waals surface area contributed by atoms with Gasteiger partial charge in [-0.2, -0.15) is 0 Å². The maximum atomic E-state index is 11.1. The number of hydrogen-bond donors (Lipinski definition) is 1. The van der Waals surface area contributed by atoms with Crippen LogP contribution in [-0.2, 0) is 0 Å². The van der Waals surface area contributed by atoms with Crippen molar-refractivity contribution in [1.82, 2.24) is 4.98 Å². The third kappa shape index (κ3) is 1.89. The molecule has 104 valence electrons. The molecule has 0 radical (unpaired) electrons. The van der Waals surface area contributed by atoms with Gasteiger partial charge >= 0.3 is 0 Å². The van der Waals surface area contributed by atoms with E-state index in [1.807, 2.05) is 11.8 Å². The summed E-state index contributed by atoms with van der Waals surface area (Å²) in [6.07, 6.45) is 3.85. The molecule has 3 rings (SSSR count). The first-order valence-electron chi connectivity index (χ1n) is 6.52.